The molecule has 2 aromatic rings. The summed E-state index contributed by atoms with van der Waals surface area (Å²) in [6, 6.07) is 2.13. The summed E-state index contributed by atoms with van der Waals surface area (Å²) in [6.45, 7) is 5.42. The van der Waals surface area contributed by atoms with Gasteiger partial charge >= 0.3 is 0 Å². The Kier molecular flexibility index (Phi) is 5.12. The molecule has 0 amide bonds. The van der Waals surface area contributed by atoms with Crippen LogP contribution in [0.15, 0.2) is 22.1 Å². The van der Waals surface area contributed by atoms with Crippen molar-refractivity contribution in [3.8, 4) is 0 Å². The van der Waals surface area contributed by atoms with Crippen molar-refractivity contribution < 1.29 is 0 Å². The van der Waals surface area contributed by atoms with Crippen LogP contribution in [0.1, 0.15) is 36.2 Å². The Hall–Kier alpha value is -0.980. The van der Waals surface area contributed by atoms with Gasteiger partial charge in [0, 0.05) is 34.2 Å². The average molecular weight is 355 g/mol. The molecule has 0 radical (unpaired) electrons. The van der Waals surface area contributed by atoms with E-state index in [0.717, 1.165) is 28.2 Å². The average Bonchev–Trinajstić information content (AvgIpc) is 2.83. The Balaban J connectivity index is 2.22. The molecule has 2 heterocycles. The summed E-state index contributed by atoms with van der Waals surface area (Å²) in [6.07, 6.45) is 1.88. The summed E-state index contributed by atoms with van der Waals surface area (Å²) in [5, 5.41) is 2.09. The van der Waals surface area contributed by atoms with Crippen molar-refractivity contribution in [1.29, 1.82) is 0 Å². The van der Waals surface area contributed by atoms with Gasteiger partial charge in [0.1, 0.15) is 5.82 Å². The normalized spacial score (nSPS) is 11.1. The molecule has 108 valence electrons. The number of hydrogen-bond acceptors (Lipinski definition) is 5. The Morgan fingerprint density at radius 1 is 1.45 bits per heavy atom. The van der Waals surface area contributed by atoms with Crippen LogP contribution in [-0.4, -0.2) is 17.0 Å². The number of hydrogen-bond donors (Lipinski definition) is 1. The van der Waals surface area contributed by atoms with Crippen LogP contribution in [0.25, 0.3) is 0 Å². The van der Waals surface area contributed by atoms with Crippen molar-refractivity contribution in [3.63, 3.8) is 0 Å². The fourth-order valence-corrected chi connectivity index (χ4v) is 3.43. The monoisotopic (exact) mass is 354 g/mol. The van der Waals surface area contributed by atoms with Gasteiger partial charge in [0.05, 0.1) is 24.1 Å². The van der Waals surface area contributed by atoms with E-state index in [-0.39, 0.29) is 0 Å². The summed E-state index contributed by atoms with van der Waals surface area (Å²) in [5.74, 6) is 1.16. The lowest BCUT2D eigenvalue weighted by molar-refractivity contribution is 0.749. The van der Waals surface area contributed by atoms with Crippen molar-refractivity contribution in [2.24, 2.45) is 5.73 Å². The van der Waals surface area contributed by atoms with Gasteiger partial charge in [-0.1, -0.05) is 13.8 Å². The lowest BCUT2D eigenvalue weighted by atomic mass is 10.2. The van der Waals surface area contributed by atoms with E-state index in [2.05, 4.69) is 56.1 Å². The minimum Gasteiger partial charge on any atom is -0.367 e. The smallest absolute Gasteiger partial charge is 0.131 e. The van der Waals surface area contributed by atoms with Crippen molar-refractivity contribution in [3.05, 3.63) is 38.5 Å². The summed E-state index contributed by atoms with van der Waals surface area (Å²) >= 11 is 5.21. The number of halogens is 1. The third kappa shape index (κ3) is 3.56. The molecule has 0 saturated heterocycles. The summed E-state index contributed by atoms with van der Waals surface area (Å²) in [7, 11) is 2.04. The highest BCUT2D eigenvalue weighted by atomic mass is 79.9. The number of thiophene rings is 1. The number of nitrogens with two attached hydrogens (primary N) is 1. The molecule has 0 fully saturated rings. The molecule has 0 aliphatic heterocycles. The van der Waals surface area contributed by atoms with E-state index in [1.165, 1.54) is 4.88 Å². The molecule has 0 saturated carbocycles. The van der Waals surface area contributed by atoms with E-state index >= 15 is 0 Å². The molecular weight excluding hydrogens is 336 g/mol. The van der Waals surface area contributed by atoms with E-state index in [1.807, 2.05) is 13.2 Å². The second kappa shape index (κ2) is 6.65. The molecular formula is C14H19BrN4S. The van der Waals surface area contributed by atoms with Gasteiger partial charge in [-0.05, 0) is 22.0 Å². The highest BCUT2D eigenvalue weighted by Crippen LogP contribution is 2.25. The molecule has 2 rings (SSSR count). The predicted molar refractivity (Wildman–Crippen MR) is 88.1 cm³/mol. The van der Waals surface area contributed by atoms with Crippen molar-refractivity contribution in [2.45, 2.75) is 32.9 Å². The van der Waals surface area contributed by atoms with Crippen LogP contribution in [0.3, 0.4) is 0 Å². The van der Waals surface area contributed by atoms with Crippen LogP contribution >= 0.6 is 27.3 Å². The maximum atomic E-state index is 5.83. The van der Waals surface area contributed by atoms with Gasteiger partial charge in [-0.15, -0.1) is 11.3 Å². The first-order chi connectivity index (χ1) is 9.51. The van der Waals surface area contributed by atoms with Crippen molar-refractivity contribution >= 4 is 33.0 Å². The zero-order valence-electron chi connectivity index (χ0n) is 11.9. The van der Waals surface area contributed by atoms with Gasteiger partial charge < -0.3 is 10.6 Å². The standard InChI is InChI=1S/C14H19BrN4S/c1-9(2)14-17-6-13(12(5-16)18-14)19(3)7-11-4-10(15)8-20-11/h4,6,8-9H,5,7,16H2,1-3H3. The van der Waals surface area contributed by atoms with Crippen molar-refractivity contribution in [2.75, 3.05) is 11.9 Å². The first kappa shape index (κ1) is 15.4. The van der Waals surface area contributed by atoms with E-state index < -0.39 is 0 Å². The Morgan fingerprint density at radius 3 is 2.75 bits per heavy atom. The van der Waals surface area contributed by atoms with Crippen LogP contribution in [0.5, 0.6) is 0 Å². The van der Waals surface area contributed by atoms with Crippen LogP contribution in [0, 0.1) is 0 Å². The first-order valence-corrected chi connectivity index (χ1v) is 8.18. The van der Waals surface area contributed by atoms with Crippen LogP contribution in [-0.2, 0) is 13.1 Å². The van der Waals surface area contributed by atoms with E-state index in [9.17, 15) is 0 Å². The SMILES string of the molecule is CC(C)c1ncc(N(C)Cc2cc(Br)cs2)c(CN)n1. The van der Waals surface area contributed by atoms with Gasteiger partial charge in [0.15, 0.2) is 0 Å². The van der Waals surface area contributed by atoms with Crippen LogP contribution in [0.4, 0.5) is 5.69 Å². The van der Waals surface area contributed by atoms with Crippen molar-refractivity contribution in [1.82, 2.24) is 9.97 Å². The summed E-state index contributed by atoms with van der Waals surface area (Å²) in [4.78, 5) is 12.4. The summed E-state index contributed by atoms with van der Waals surface area (Å²) < 4.78 is 1.12. The second-order valence-electron chi connectivity index (χ2n) is 5.01. The second-order valence-corrected chi connectivity index (χ2v) is 6.92. The van der Waals surface area contributed by atoms with Gasteiger partial charge in [-0.3, -0.25) is 0 Å². The van der Waals surface area contributed by atoms with E-state index in [0.29, 0.717) is 12.5 Å². The number of anilines is 1. The first-order valence-electron chi connectivity index (χ1n) is 6.51. The maximum Gasteiger partial charge on any atom is 0.131 e. The van der Waals surface area contributed by atoms with Gasteiger partial charge in [-0.2, -0.15) is 0 Å². The Labute approximate surface area is 132 Å². The zero-order valence-corrected chi connectivity index (χ0v) is 14.3. The highest BCUT2D eigenvalue weighted by Gasteiger charge is 2.13. The van der Waals surface area contributed by atoms with Gasteiger partial charge in [0.2, 0.25) is 0 Å². The molecule has 0 aliphatic rings. The molecule has 0 spiro atoms. The molecule has 0 unspecified atom stereocenters. The molecule has 0 atom stereocenters. The quantitative estimate of drug-likeness (QED) is 0.892. The molecule has 4 nitrogen and oxygen atoms in total. The number of rotatable bonds is 5. The third-order valence-electron chi connectivity index (χ3n) is 3.00. The Bertz CT molecular complexity index is 582. The molecule has 6 heteroatoms. The minimum atomic E-state index is 0.313. The lowest BCUT2D eigenvalue weighted by Crippen LogP contribution is -2.20. The minimum absolute atomic E-state index is 0.313. The Morgan fingerprint density at radius 2 is 2.20 bits per heavy atom. The topological polar surface area (TPSA) is 55.0 Å². The highest BCUT2D eigenvalue weighted by molar-refractivity contribution is 9.10. The molecule has 0 aliphatic carbocycles. The predicted octanol–water partition coefficient (Wildman–Crippen LogP) is 3.52. The number of aromatic nitrogens is 2. The lowest BCUT2D eigenvalue weighted by Gasteiger charge is -2.21. The summed E-state index contributed by atoms with van der Waals surface area (Å²) in [5.41, 5.74) is 7.74. The third-order valence-corrected chi connectivity index (χ3v) is 4.68. The molecule has 2 N–H and O–H groups in total. The molecule has 0 bridgehead atoms. The molecule has 2 aromatic heterocycles. The van der Waals surface area contributed by atoms with Gasteiger partial charge in [-0.25, -0.2) is 9.97 Å². The fraction of sp³-hybridized carbons (Fsp3) is 0.429. The van der Waals surface area contributed by atoms with E-state index in [1.54, 1.807) is 11.3 Å². The largest absolute Gasteiger partial charge is 0.367 e. The number of nitrogens with zero attached hydrogens (tertiary/aromatic N) is 3. The zero-order chi connectivity index (χ0) is 14.7. The van der Waals surface area contributed by atoms with Crippen LogP contribution < -0.4 is 10.6 Å². The fourth-order valence-electron chi connectivity index (χ4n) is 1.93. The van der Waals surface area contributed by atoms with E-state index in [4.69, 9.17) is 5.73 Å². The van der Waals surface area contributed by atoms with Crippen LogP contribution in [0.2, 0.25) is 0 Å². The molecule has 0 aromatic carbocycles. The maximum absolute atomic E-state index is 5.83. The molecule has 20 heavy (non-hydrogen) atoms. The van der Waals surface area contributed by atoms with Gasteiger partial charge in [0.25, 0.3) is 0 Å².